The maximum atomic E-state index is 13.0. The summed E-state index contributed by atoms with van der Waals surface area (Å²) in [5, 5.41) is 0.249. The van der Waals surface area contributed by atoms with Gasteiger partial charge in [-0.1, -0.05) is 29.8 Å². The van der Waals surface area contributed by atoms with E-state index in [0.29, 0.717) is 0 Å². The van der Waals surface area contributed by atoms with Crippen molar-refractivity contribution >= 4 is 33.0 Å². The first kappa shape index (κ1) is 16.0. The second kappa shape index (κ2) is 5.65. The van der Waals surface area contributed by atoms with E-state index in [2.05, 4.69) is 0 Å². The quantitative estimate of drug-likeness (QED) is 0.835. The van der Waals surface area contributed by atoms with Gasteiger partial charge in [0.2, 0.25) is 0 Å². The minimum atomic E-state index is -3.40. The highest BCUT2D eigenvalue weighted by Crippen LogP contribution is 2.34. The van der Waals surface area contributed by atoms with Crippen LogP contribution in [0.4, 0.5) is 5.69 Å². The van der Waals surface area contributed by atoms with Gasteiger partial charge in [-0.3, -0.25) is 4.79 Å². The molecule has 0 N–H and O–H groups in total. The molecule has 6 heteroatoms. The number of hydrogen-bond acceptors (Lipinski definition) is 3. The highest BCUT2D eigenvalue weighted by atomic mass is 35.5. The minimum Gasteiger partial charge on any atom is -0.305 e. The van der Waals surface area contributed by atoms with Crippen molar-refractivity contribution in [1.29, 1.82) is 0 Å². The van der Waals surface area contributed by atoms with E-state index in [-0.39, 0.29) is 27.4 Å². The fraction of sp³-hybridized carbons (Fsp3) is 0.235. The van der Waals surface area contributed by atoms with Crippen LogP contribution in [0.3, 0.4) is 0 Å². The number of sulfone groups is 1. The second-order valence-corrected chi connectivity index (χ2v) is 8.19. The minimum absolute atomic E-state index is 0.00198. The van der Waals surface area contributed by atoms with E-state index in [1.807, 2.05) is 31.2 Å². The Morgan fingerprint density at radius 2 is 1.91 bits per heavy atom. The monoisotopic (exact) mass is 349 g/mol. The average molecular weight is 350 g/mol. The van der Waals surface area contributed by atoms with Crippen molar-refractivity contribution < 1.29 is 13.2 Å². The molecule has 0 bridgehead atoms. The first-order valence-corrected chi connectivity index (χ1v) is 9.47. The molecule has 0 aliphatic carbocycles. The van der Waals surface area contributed by atoms with E-state index < -0.39 is 9.84 Å². The Hall–Kier alpha value is -1.85. The Balaban J connectivity index is 2.08. The highest BCUT2D eigenvalue weighted by molar-refractivity contribution is 7.90. The Morgan fingerprint density at radius 3 is 2.61 bits per heavy atom. The van der Waals surface area contributed by atoms with E-state index in [1.54, 1.807) is 4.90 Å². The number of hydrogen-bond donors (Lipinski definition) is 0. The molecule has 2 aromatic rings. The van der Waals surface area contributed by atoms with Crippen LogP contribution in [0.1, 0.15) is 22.8 Å². The van der Waals surface area contributed by atoms with Gasteiger partial charge in [0.15, 0.2) is 9.84 Å². The molecule has 1 unspecified atom stereocenters. The molecule has 0 spiro atoms. The van der Waals surface area contributed by atoms with Gasteiger partial charge in [-0.15, -0.1) is 0 Å². The predicted molar refractivity (Wildman–Crippen MR) is 91.0 cm³/mol. The Kier molecular flexibility index (Phi) is 3.94. The number of carbonyl (C=O) groups excluding carboxylic acids is 1. The zero-order valence-electron chi connectivity index (χ0n) is 12.8. The lowest BCUT2D eigenvalue weighted by atomic mass is 10.1. The van der Waals surface area contributed by atoms with Gasteiger partial charge in [0.05, 0.1) is 15.5 Å². The number of halogens is 1. The van der Waals surface area contributed by atoms with Crippen LogP contribution in [0, 0.1) is 0 Å². The summed E-state index contributed by atoms with van der Waals surface area (Å²) in [6, 6.07) is 11.9. The molecule has 23 heavy (non-hydrogen) atoms. The molecule has 0 radical (unpaired) electrons. The average Bonchev–Trinajstić information content (AvgIpc) is 2.81. The number of rotatable bonds is 2. The first-order chi connectivity index (χ1) is 10.8. The number of benzene rings is 2. The van der Waals surface area contributed by atoms with Gasteiger partial charge in [-0.05, 0) is 43.2 Å². The molecule has 1 amide bonds. The smallest absolute Gasteiger partial charge is 0.260 e. The van der Waals surface area contributed by atoms with E-state index in [1.165, 1.54) is 18.2 Å². The number of nitrogens with zero attached hydrogens (tertiary/aromatic N) is 1. The van der Waals surface area contributed by atoms with Crippen LogP contribution in [-0.2, 0) is 16.3 Å². The topological polar surface area (TPSA) is 54.5 Å². The highest BCUT2D eigenvalue weighted by Gasteiger charge is 2.32. The molecule has 0 saturated heterocycles. The van der Waals surface area contributed by atoms with E-state index in [0.717, 1.165) is 23.9 Å². The van der Waals surface area contributed by atoms with Crippen molar-refractivity contribution in [1.82, 2.24) is 0 Å². The van der Waals surface area contributed by atoms with Crippen molar-refractivity contribution in [2.75, 3.05) is 11.2 Å². The third kappa shape index (κ3) is 2.86. The molecular formula is C17H16ClNO3S. The summed E-state index contributed by atoms with van der Waals surface area (Å²) in [5.41, 5.74) is 2.16. The summed E-state index contributed by atoms with van der Waals surface area (Å²) in [5.74, 6) is -0.280. The van der Waals surface area contributed by atoms with Crippen LogP contribution in [0.15, 0.2) is 47.4 Å². The Labute approximate surface area is 140 Å². The summed E-state index contributed by atoms with van der Waals surface area (Å²) in [6.07, 6.45) is 1.88. The normalized spacial score (nSPS) is 17.2. The lowest BCUT2D eigenvalue weighted by Gasteiger charge is -2.23. The predicted octanol–water partition coefficient (Wildman–Crippen LogP) is 3.33. The Bertz CT molecular complexity index is 892. The molecule has 0 aromatic heterocycles. The zero-order chi connectivity index (χ0) is 16.8. The molecule has 0 fully saturated rings. The lowest BCUT2D eigenvalue weighted by Crippen LogP contribution is -2.36. The molecule has 2 aromatic carbocycles. The molecule has 4 nitrogen and oxygen atoms in total. The van der Waals surface area contributed by atoms with E-state index >= 15 is 0 Å². The number of carbonyl (C=O) groups is 1. The summed E-state index contributed by atoms with van der Waals surface area (Å²) < 4.78 is 23.5. The molecule has 1 heterocycles. The van der Waals surface area contributed by atoms with Gasteiger partial charge in [0.25, 0.3) is 5.91 Å². The van der Waals surface area contributed by atoms with Gasteiger partial charge in [-0.25, -0.2) is 8.42 Å². The first-order valence-electron chi connectivity index (χ1n) is 7.20. The van der Waals surface area contributed by atoms with Crippen molar-refractivity contribution in [3.8, 4) is 0 Å². The second-order valence-electron chi connectivity index (χ2n) is 5.77. The number of anilines is 1. The molecule has 1 aliphatic rings. The summed E-state index contributed by atoms with van der Waals surface area (Å²) >= 11 is 6.15. The SMILES string of the molecule is CC1Cc2ccccc2N1C(=O)c1cc(S(C)(=O)=O)ccc1Cl. The zero-order valence-corrected chi connectivity index (χ0v) is 14.4. The molecule has 1 aliphatic heterocycles. The van der Waals surface area contributed by atoms with Crippen LogP contribution in [-0.4, -0.2) is 26.6 Å². The van der Waals surface area contributed by atoms with E-state index in [9.17, 15) is 13.2 Å². The number of amides is 1. The molecular weight excluding hydrogens is 334 g/mol. The lowest BCUT2D eigenvalue weighted by molar-refractivity contribution is 0.0981. The van der Waals surface area contributed by atoms with E-state index in [4.69, 9.17) is 11.6 Å². The fourth-order valence-electron chi connectivity index (χ4n) is 2.90. The summed E-state index contributed by atoms with van der Waals surface area (Å²) in [6.45, 7) is 1.96. The van der Waals surface area contributed by atoms with Crippen LogP contribution in [0.25, 0.3) is 0 Å². The van der Waals surface area contributed by atoms with Crippen LogP contribution in [0.5, 0.6) is 0 Å². The van der Waals surface area contributed by atoms with Crippen LogP contribution < -0.4 is 4.90 Å². The standard InChI is InChI=1S/C17H16ClNO3S/c1-11-9-12-5-3-4-6-16(12)19(11)17(20)14-10-13(23(2,21)22)7-8-15(14)18/h3-8,10-11H,9H2,1-2H3. The Morgan fingerprint density at radius 1 is 1.22 bits per heavy atom. The molecule has 1 atom stereocenters. The maximum absolute atomic E-state index is 13.0. The molecule has 3 rings (SSSR count). The van der Waals surface area contributed by atoms with Crippen LogP contribution in [0.2, 0.25) is 5.02 Å². The van der Waals surface area contributed by atoms with Gasteiger partial charge in [0, 0.05) is 18.0 Å². The van der Waals surface area contributed by atoms with Crippen molar-refractivity contribution in [3.63, 3.8) is 0 Å². The van der Waals surface area contributed by atoms with Gasteiger partial charge in [-0.2, -0.15) is 0 Å². The summed E-state index contributed by atoms with van der Waals surface area (Å²) in [7, 11) is -3.40. The third-order valence-corrected chi connectivity index (χ3v) is 5.46. The maximum Gasteiger partial charge on any atom is 0.260 e. The van der Waals surface area contributed by atoms with Crippen molar-refractivity contribution in [2.24, 2.45) is 0 Å². The van der Waals surface area contributed by atoms with Gasteiger partial charge < -0.3 is 4.90 Å². The van der Waals surface area contributed by atoms with Crippen molar-refractivity contribution in [3.05, 3.63) is 58.6 Å². The molecule has 0 saturated carbocycles. The van der Waals surface area contributed by atoms with Gasteiger partial charge >= 0.3 is 0 Å². The number of fused-ring (bicyclic) bond motifs is 1. The molecule has 120 valence electrons. The number of para-hydroxylation sites is 1. The largest absolute Gasteiger partial charge is 0.305 e. The van der Waals surface area contributed by atoms with Gasteiger partial charge in [0.1, 0.15) is 0 Å². The van der Waals surface area contributed by atoms with Crippen molar-refractivity contribution in [2.45, 2.75) is 24.3 Å². The third-order valence-electron chi connectivity index (χ3n) is 4.02. The van der Waals surface area contributed by atoms with Crippen LogP contribution >= 0.6 is 11.6 Å². The fourth-order valence-corrected chi connectivity index (χ4v) is 3.75. The summed E-state index contributed by atoms with van der Waals surface area (Å²) in [4.78, 5) is 14.7.